The Morgan fingerprint density at radius 3 is 2.66 bits per heavy atom. The molecule has 0 saturated heterocycles. The molecule has 2 aliphatic heterocycles. The van der Waals surface area contributed by atoms with Crippen molar-refractivity contribution in [2.75, 3.05) is 0 Å². The monoisotopic (exact) mass is 460 g/mol. The van der Waals surface area contributed by atoms with E-state index in [1.165, 1.54) is 16.8 Å². The first-order valence-electron chi connectivity index (χ1n) is 9.78. The van der Waals surface area contributed by atoms with Crippen LogP contribution in [0.3, 0.4) is 0 Å². The van der Waals surface area contributed by atoms with Gasteiger partial charge in [0, 0.05) is 40.1 Å². The molecule has 1 aromatic carbocycles. The Morgan fingerprint density at radius 1 is 1.16 bits per heavy atom. The number of rotatable bonds is 3. The van der Waals surface area contributed by atoms with E-state index in [-0.39, 0.29) is 11.4 Å². The van der Waals surface area contributed by atoms with Gasteiger partial charge in [0.1, 0.15) is 5.04 Å². The molecule has 4 heterocycles. The zero-order chi connectivity index (χ0) is 22.4. The summed E-state index contributed by atoms with van der Waals surface area (Å²) in [6, 6.07) is 13.3. The second-order valence-corrected chi connectivity index (χ2v) is 8.70. The number of benzene rings is 1. The Morgan fingerprint density at radius 2 is 1.94 bits per heavy atom. The fourth-order valence-corrected chi connectivity index (χ4v) is 4.68. The van der Waals surface area contributed by atoms with E-state index in [4.69, 9.17) is 17.0 Å². The molecule has 0 bridgehead atoms. The van der Waals surface area contributed by atoms with Crippen LogP contribution in [0.1, 0.15) is 22.5 Å². The maximum atomic E-state index is 12.8. The Labute approximate surface area is 193 Å². The van der Waals surface area contributed by atoms with Gasteiger partial charge < -0.3 is 4.57 Å². The normalized spacial score (nSPS) is 17.0. The van der Waals surface area contributed by atoms with Crippen molar-refractivity contribution in [1.29, 1.82) is 5.41 Å². The summed E-state index contributed by atoms with van der Waals surface area (Å²) in [6.45, 7) is 3.97. The van der Waals surface area contributed by atoms with Gasteiger partial charge in [-0.05, 0) is 79.7 Å². The Kier molecular flexibility index (Phi) is 5.03. The number of nitrogens with zero attached hydrogens (tertiary/aromatic N) is 5. The lowest BCUT2D eigenvalue weighted by molar-refractivity contribution is -0.114. The molecular formula is C23H17ClN6OS. The summed E-state index contributed by atoms with van der Waals surface area (Å²) in [7, 11) is 0. The average Bonchev–Trinajstić information content (AvgIpc) is 3.33. The summed E-state index contributed by atoms with van der Waals surface area (Å²) < 4.78 is 2.08. The number of aromatic nitrogens is 2. The smallest absolute Gasteiger partial charge is 0.283 e. The third-order valence-corrected chi connectivity index (χ3v) is 6.43. The molecule has 158 valence electrons. The fraction of sp³-hybridized carbons (Fsp3) is 0.0870. The van der Waals surface area contributed by atoms with Gasteiger partial charge in [-0.1, -0.05) is 11.6 Å². The number of fused-ring (bicyclic) bond motifs is 1. The second kappa shape index (κ2) is 7.89. The summed E-state index contributed by atoms with van der Waals surface area (Å²) in [6.07, 6.45) is 5.09. The molecule has 1 N–H and O–H groups in total. The number of pyridine rings is 1. The molecule has 7 nitrogen and oxygen atoms in total. The van der Waals surface area contributed by atoms with E-state index in [1.807, 2.05) is 56.3 Å². The van der Waals surface area contributed by atoms with Crippen LogP contribution in [0.5, 0.6) is 0 Å². The van der Waals surface area contributed by atoms with E-state index in [2.05, 4.69) is 19.6 Å². The van der Waals surface area contributed by atoms with Crippen molar-refractivity contribution in [2.45, 2.75) is 13.8 Å². The van der Waals surface area contributed by atoms with Crippen molar-refractivity contribution in [3.05, 3.63) is 88.0 Å². The summed E-state index contributed by atoms with van der Waals surface area (Å²) in [4.78, 5) is 21.1. The molecule has 5 rings (SSSR count). The van der Waals surface area contributed by atoms with Crippen LogP contribution in [0.2, 0.25) is 5.02 Å². The highest BCUT2D eigenvalue weighted by molar-refractivity contribution is 8.27. The Balaban J connectivity index is 1.51. The number of aliphatic imine (C=N–C) groups is 1. The summed E-state index contributed by atoms with van der Waals surface area (Å²) in [5, 5.41) is 16.2. The summed E-state index contributed by atoms with van der Waals surface area (Å²) >= 11 is 7.28. The van der Waals surface area contributed by atoms with Crippen molar-refractivity contribution >= 4 is 51.4 Å². The number of halogens is 1. The highest BCUT2D eigenvalue weighted by Gasteiger charge is 2.36. The molecule has 9 heteroatoms. The van der Waals surface area contributed by atoms with Crippen LogP contribution >= 0.6 is 23.4 Å². The molecule has 0 radical (unpaired) electrons. The van der Waals surface area contributed by atoms with Crippen molar-refractivity contribution in [3.63, 3.8) is 0 Å². The standard InChI is InChI=1S/C23H17ClN6OS/c1-13-10-16(14(2)29(13)18-7-5-17(24)6-8-18)11-19-20(25)30-23(27-21(19)31)32-22(28-30)15-4-3-9-26-12-15/h3-12,25H,1-2H3/b19-11-,25-20?. The lowest BCUT2D eigenvalue weighted by Gasteiger charge is -2.20. The van der Waals surface area contributed by atoms with Gasteiger partial charge in [0.15, 0.2) is 5.84 Å². The average molecular weight is 461 g/mol. The first-order valence-corrected chi connectivity index (χ1v) is 11.0. The number of carbonyl (C=O) groups is 1. The lowest BCUT2D eigenvalue weighted by Crippen LogP contribution is -2.35. The molecule has 2 aromatic heterocycles. The molecule has 0 unspecified atom stereocenters. The van der Waals surface area contributed by atoms with Gasteiger partial charge in [0.2, 0.25) is 5.17 Å². The molecule has 3 aromatic rings. The maximum absolute atomic E-state index is 12.8. The molecule has 0 saturated carbocycles. The van der Waals surface area contributed by atoms with Gasteiger partial charge in [-0.2, -0.15) is 15.1 Å². The van der Waals surface area contributed by atoms with Gasteiger partial charge in [0.25, 0.3) is 5.91 Å². The third-order valence-electron chi connectivity index (χ3n) is 5.22. The molecular weight excluding hydrogens is 444 g/mol. The number of amides is 1. The number of nitrogens with one attached hydrogen (secondary N) is 1. The maximum Gasteiger partial charge on any atom is 0.283 e. The van der Waals surface area contributed by atoms with Gasteiger partial charge >= 0.3 is 0 Å². The molecule has 1 amide bonds. The van der Waals surface area contributed by atoms with Crippen molar-refractivity contribution in [3.8, 4) is 5.69 Å². The summed E-state index contributed by atoms with van der Waals surface area (Å²) in [5.74, 6) is -0.449. The Hall–Kier alpha value is -3.49. The van der Waals surface area contributed by atoms with Gasteiger partial charge in [0.05, 0.1) is 5.57 Å². The van der Waals surface area contributed by atoms with Crippen LogP contribution in [0.15, 0.2) is 70.5 Å². The minimum Gasteiger partial charge on any atom is -0.318 e. The van der Waals surface area contributed by atoms with E-state index in [0.29, 0.717) is 15.2 Å². The highest BCUT2D eigenvalue weighted by atomic mass is 35.5. The predicted octanol–water partition coefficient (Wildman–Crippen LogP) is 4.81. The third kappa shape index (κ3) is 3.47. The molecule has 2 aliphatic rings. The first-order chi connectivity index (χ1) is 15.4. The minimum absolute atomic E-state index is 0.00249. The SMILES string of the molecule is Cc1cc(/C=C2/C(=N)N3N=C(c4cccnc4)SC3=NC2=O)c(C)n1-c1ccc(Cl)cc1. The molecule has 32 heavy (non-hydrogen) atoms. The molecule has 0 fully saturated rings. The van der Waals surface area contributed by atoms with Gasteiger partial charge in [-0.25, -0.2) is 0 Å². The zero-order valence-corrected chi connectivity index (χ0v) is 18.8. The number of hydrazone groups is 1. The largest absolute Gasteiger partial charge is 0.318 e. The highest BCUT2D eigenvalue weighted by Crippen LogP contribution is 2.31. The first kappa shape index (κ1) is 20.4. The number of hydrogen-bond donors (Lipinski definition) is 1. The van der Waals surface area contributed by atoms with E-state index >= 15 is 0 Å². The molecule has 0 atom stereocenters. The van der Waals surface area contributed by atoms with Crippen LogP contribution < -0.4 is 0 Å². The predicted molar refractivity (Wildman–Crippen MR) is 129 cm³/mol. The topological polar surface area (TPSA) is 86.7 Å². The second-order valence-electron chi connectivity index (χ2n) is 7.31. The van der Waals surface area contributed by atoms with E-state index in [1.54, 1.807) is 18.5 Å². The lowest BCUT2D eigenvalue weighted by atomic mass is 10.1. The van der Waals surface area contributed by atoms with Crippen molar-refractivity contribution < 1.29 is 4.79 Å². The Bertz CT molecular complexity index is 1360. The van der Waals surface area contributed by atoms with Crippen LogP contribution in [0.25, 0.3) is 11.8 Å². The van der Waals surface area contributed by atoms with Crippen LogP contribution in [-0.4, -0.2) is 36.5 Å². The van der Waals surface area contributed by atoms with Crippen molar-refractivity contribution in [1.82, 2.24) is 14.6 Å². The van der Waals surface area contributed by atoms with Crippen molar-refractivity contribution in [2.24, 2.45) is 10.1 Å². The zero-order valence-electron chi connectivity index (χ0n) is 17.2. The van der Waals surface area contributed by atoms with Gasteiger partial charge in [-0.3, -0.25) is 15.2 Å². The fourth-order valence-electron chi connectivity index (χ4n) is 3.67. The summed E-state index contributed by atoms with van der Waals surface area (Å²) in [5.41, 5.74) is 4.77. The quantitative estimate of drug-likeness (QED) is 0.568. The van der Waals surface area contributed by atoms with Crippen LogP contribution in [-0.2, 0) is 4.79 Å². The number of thioether (sulfide) groups is 1. The minimum atomic E-state index is -0.451. The van der Waals surface area contributed by atoms with E-state index in [0.717, 1.165) is 28.2 Å². The van der Waals surface area contributed by atoms with Crippen LogP contribution in [0.4, 0.5) is 0 Å². The molecule has 0 spiro atoms. The number of carbonyl (C=O) groups excluding carboxylic acids is 1. The van der Waals surface area contributed by atoms with E-state index < -0.39 is 5.91 Å². The number of aryl methyl sites for hydroxylation is 1. The van der Waals surface area contributed by atoms with Gasteiger partial charge in [-0.15, -0.1) is 0 Å². The number of hydrogen-bond acceptors (Lipinski definition) is 5. The number of amidine groups is 2. The molecule has 0 aliphatic carbocycles. The van der Waals surface area contributed by atoms with Crippen LogP contribution in [0, 0.1) is 19.3 Å². The van der Waals surface area contributed by atoms with E-state index in [9.17, 15) is 4.79 Å².